The van der Waals surface area contributed by atoms with Gasteiger partial charge in [-0.15, -0.1) is 0 Å². The number of benzene rings is 2. The summed E-state index contributed by atoms with van der Waals surface area (Å²) in [7, 11) is 5.04. The van der Waals surface area contributed by atoms with Crippen LogP contribution in [0.15, 0.2) is 42.5 Å². The predicted molar refractivity (Wildman–Crippen MR) is 124 cm³/mol. The maximum atomic E-state index is 5.62. The third-order valence-corrected chi connectivity index (χ3v) is 7.16. The smallest absolute Gasteiger partial charge is 0.203 e. The van der Waals surface area contributed by atoms with Crippen LogP contribution in [-0.2, 0) is 5.41 Å². The highest BCUT2D eigenvalue weighted by Crippen LogP contribution is 2.46. The van der Waals surface area contributed by atoms with Crippen LogP contribution in [0.3, 0.4) is 0 Å². The number of ether oxygens (including phenoxy) is 3. The van der Waals surface area contributed by atoms with E-state index in [-0.39, 0.29) is 5.41 Å². The summed E-state index contributed by atoms with van der Waals surface area (Å²) in [4.78, 5) is 0. The van der Waals surface area contributed by atoms with Crippen molar-refractivity contribution < 1.29 is 14.2 Å². The van der Waals surface area contributed by atoms with E-state index in [1.807, 2.05) is 0 Å². The molecular formula is C27H38O3. The van der Waals surface area contributed by atoms with Gasteiger partial charge in [0.1, 0.15) is 0 Å². The van der Waals surface area contributed by atoms with E-state index in [2.05, 4.69) is 56.3 Å². The van der Waals surface area contributed by atoms with Crippen LogP contribution in [0.2, 0.25) is 0 Å². The number of methoxy groups -OCH3 is 3. The third-order valence-electron chi connectivity index (χ3n) is 7.16. The van der Waals surface area contributed by atoms with Crippen LogP contribution < -0.4 is 14.2 Å². The first-order chi connectivity index (χ1) is 14.5. The first-order valence-electron chi connectivity index (χ1n) is 11.4. The zero-order valence-electron chi connectivity index (χ0n) is 19.4. The molecule has 3 rings (SSSR count). The third kappa shape index (κ3) is 4.94. The summed E-state index contributed by atoms with van der Waals surface area (Å²) in [5, 5.41) is 0. The van der Waals surface area contributed by atoms with Crippen molar-refractivity contribution in [3.8, 4) is 17.2 Å². The molecule has 0 radical (unpaired) electrons. The molecule has 0 amide bonds. The van der Waals surface area contributed by atoms with Gasteiger partial charge in [-0.1, -0.05) is 63.4 Å². The molecule has 0 aromatic heterocycles. The number of hydrogen-bond donors (Lipinski definition) is 0. The molecule has 1 aliphatic carbocycles. The largest absolute Gasteiger partial charge is 0.493 e. The fraction of sp³-hybridized carbons (Fsp3) is 0.556. The maximum absolute atomic E-state index is 5.62. The zero-order valence-corrected chi connectivity index (χ0v) is 19.4. The van der Waals surface area contributed by atoms with Crippen LogP contribution in [0.4, 0.5) is 0 Å². The Hall–Kier alpha value is -2.16. The summed E-state index contributed by atoms with van der Waals surface area (Å²) in [5.41, 5.74) is 2.82. The first kappa shape index (κ1) is 22.5. The van der Waals surface area contributed by atoms with E-state index in [9.17, 15) is 0 Å². The summed E-state index contributed by atoms with van der Waals surface area (Å²) < 4.78 is 16.8. The quantitative estimate of drug-likeness (QED) is 0.507. The minimum Gasteiger partial charge on any atom is -0.493 e. The van der Waals surface area contributed by atoms with Gasteiger partial charge in [0.15, 0.2) is 11.5 Å². The van der Waals surface area contributed by atoms with Gasteiger partial charge in [-0.25, -0.2) is 0 Å². The molecule has 0 aliphatic heterocycles. The summed E-state index contributed by atoms with van der Waals surface area (Å²) >= 11 is 0. The van der Waals surface area contributed by atoms with Gasteiger partial charge in [0.05, 0.1) is 21.3 Å². The molecule has 1 saturated carbocycles. The van der Waals surface area contributed by atoms with E-state index in [0.717, 1.165) is 11.5 Å². The van der Waals surface area contributed by atoms with Crippen LogP contribution in [0.25, 0.3) is 0 Å². The fourth-order valence-electron chi connectivity index (χ4n) is 5.15. The maximum Gasteiger partial charge on any atom is 0.203 e. The average Bonchev–Trinajstić information content (AvgIpc) is 2.91. The Morgan fingerprint density at radius 3 is 1.90 bits per heavy atom. The van der Waals surface area contributed by atoms with Crippen molar-refractivity contribution in [2.24, 2.45) is 5.92 Å². The van der Waals surface area contributed by atoms with Crippen LogP contribution in [0.5, 0.6) is 17.2 Å². The Morgan fingerprint density at radius 2 is 1.30 bits per heavy atom. The van der Waals surface area contributed by atoms with E-state index in [0.29, 0.717) is 17.6 Å². The van der Waals surface area contributed by atoms with Crippen LogP contribution >= 0.6 is 0 Å². The van der Waals surface area contributed by atoms with Crippen molar-refractivity contribution in [1.29, 1.82) is 0 Å². The molecule has 1 fully saturated rings. The Morgan fingerprint density at radius 1 is 0.733 bits per heavy atom. The molecule has 0 N–H and O–H groups in total. The van der Waals surface area contributed by atoms with Crippen molar-refractivity contribution in [3.05, 3.63) is 53.6 Å². The average molecular weight is 411 g/mol. The van der Waals surface area contributed by atoms with Crippen LogP contribution in [0.1, 0.15) is 75.8 Å². The lowest BCUT2D eigenvalue weighted by Gasteiger charge is -2.36. The van der Waals surface area contributed by atoms with Crippen molar-refractivity contribution in [2.75, 3.05) is 21.3 Å². The minimum atomic E-state index is 0.0411. The van der Waals surface area contributed by atoms with E-state index in [4.69, 9.17) is 14.2 Å². The van der Waals surface area contributed by atoms with Gasteiger partial charge >= 0.3 is 0 Å². The highest BCUT2D eigenvalue weighted by atomic mass is 16.5. The lowest BCUT2D eigenvalue weighted by atomic mass is 9.69. The van der Waals surface area contributed by atoms with Gasteiger partial charge in [-0.3, -0.25) is 0 Å². The molecule has 0 saturated heterocycles. The van der Waals surface area contributed by atoms with Gasteiger partial charge in [-0.05, 0) is 66.2 Å². The second-order valence-corrected chi connectivity index (χ2v) is 9.16. The first-order valence-corrected chi connectivity index (χ1v) is 11.4. The van der Waals surface area contributed by atoms with Crippen LogP contribution in [0, 0.1) is 5.92 Å². The molecule has 3 heteroatoms. The minimum absolute atomic E-state index is 0.0411. The van der Waals surface area contributed by atoms with E-state index < -0.39 is 0 Å². The van der Waals surface area contributed by atoms with Gasteiger partial charge in [0, 0.05) is 0 Å². The van der Waals surface area contributed by atoms with Crippen molar-refractivity contribution in [2.45, 2.75) is 70.1 Å². The lowest BCUT2D eigenvalue weighted by molar-refractivity contribution is 0.266. The highest BCUT2D eigenvalue weighted by molar-refractivity contribution is 5.55. The topological polar surface area (TPSA) is 27.7 Å². The summed E-state index contributed by atoms with van der Waals surface area (Å²) in [6.07, 6.45) is 8.99. The highest BCUT2D eigenvalue weighted by Gasteiger charge is 2.33. The molecule has 2 atom stereocenters. The Kier molecular flexibility index (Phi) is 7.69. The molecule has 2 aromatic rings. The molecule has 1 aliphatic rings. The second-order valence-electron chi connectivity index (χ2n) is 9.16. The van der Waals surface area contributed by atoms with Crippen molar-refractivity contribution >= 4 is 0 Å². The normalized spacial score (nSPS) is 20.6. The predicted octanol–water partition coefficient (Wildman–Crippen LogP) is 7.13. The molecule has 164 valence electrons. The van der Waals surface area contributed by atoms with E-state index in [1.54, 1.807) is 21.3 Å². The second kappa shape index (κ2) is 10.2. The lowest BCUT2D eigenvalue weighted by Crippen LogP contribution is -2.29. The Labute approximate surface area is 182 Å². The summed E-state index contributed by atoms with van der Waals surface area (Å²) in [5.74, 6) is 3.49. The van der Waals surface area contributed by atoms with Gasteiger partial charge in [-0.2, -0.15) is 0 Å². The van der Waals surface area contributed by atoms with Gasteiger partial charge < -0.3 is 14.2 Å². The fourth-order valence-corrected chi connectivity index (χ4v) is 5.15. The summed E-state index contributed by atoms with van der Waals surface area (Å²) in [6, 6.07) is 15.4. The molecule has 0 bridgehead atoms. The monoisotopic (exact) mass is 410 g/mol. The molecule has 2 unspecified atom stereocenters. The van der Waals surface area contributed by atoms with E-state index >= 15 is 0 Å². The standard InChI is InChI=1S/C27H38O3/c1-27(2,23-18-24(28-3)26(30-5)25(19-23)29-4)22-16-10-9-14-21(15-11-17-22)20-12-7-6-8-13-20/h6-8,12-13,18-19,21-22H,9-11,14-17H2,1-5H3. The Bertz CT molecular complexity index is 772. The summed E-state index contributed by atoms with van der Waals surface area (Å²) in [6.45, 7) is 4.76. The molecule has 3 nitrogen and oxygen atoms in total. The number of hydrogen-bond acceptors (Lipinski definition) is 3. The molecule has 0 spiro atoms. The zero-order chi connectivity index (χ0) is 21.6. The molecule has 0 heterocycles. The van der Waals surface area contributed by atoms with E-state index in [1.165, 1.54) is 56.1 Å². The molecular weight excluding hydrogens is 372 g/mol. The Balaban J connectivity index is 1.80. The van der Waals surface area contributed by atoms with Crippen LogP contribution in [-0.4, -0.2) is 21.3 Å². The number of rotatable bonds is 6. The van der Waals surface area contributed by atoms with Gasteiger partial charge in [0.2, 0.25) is 5.75 Å². The molecule has 2 aromatic carbocycles. The van der Waals surface area contributed by atoms with Crippen molar-refractivity contribution in [3.63, 3.8) is 0 Å². The van der Waals surface area contributed by atoms with Crippen molar-refractivity contribution in [1.82, 2.24) is 0 Å². The SMILES string of the molecule is COc1cc(C(C)(C)C2CCCCC(c3ccccc3)CCC2)cc(OC)c1OC. The van der Waals surface area contributed by atoms with Gasteiger partial charge in [0.25, 0.3) is 0 Å². The molecule has 30 heavy (non-hydrogen) atoms.